The molecule has 0 bridgehead atoms. The van der Waals surface area contributed by atoms with Crippen LogP contribution >= 0.6 is 0 Å². The number of fused-ring (bicyclic) bond motifs is 1. The van der Waals surface area contributed by atoms with E-state index in [-0.39, 0.29) is 36.3 Å². The lowest BCUT2D eigenvalue weighted by molar-refractivity contribution is -0.229. The zero-order valence-electron chi connectivity index (χ0n) is 30.0. The molecule has 0 aromatic heterocycles. The van der Waals surface area contributed by atoms with Crippen molar-refractivity contribution in [3.8, 4) is 11.5 Å². The smallest absolute Gasteiger partial charge is 0.342 e. The number of carbonyl (C=O) groups excluding carboxylic acids is 2. The lowest BCUT2D eigenvalue weighted by Gasteiger charge is -2.50. The van der Waals surface area contributed by atoms with Crippen molar-refractivity contribution < 1.29 is 53.7 Å². The second-order valence-corrected chi connectivity index (χ2v) is 14.3. The minimum Gasteiger partial charge on any atom is -0.508 e. The number of phenolic OH excluding ortho intramolecular Hbond substituents is 2. The van der Waals surface area contributed by atoms with Crippen LogP contribution in [0.25, 0.3) is 0 Å². The summed E-state index contributed by atoms with van der Waals surface area (Å²) in [6.07, 6.45) is -5.84. The molecule has 50 heavy (non-hydrogen) atoms. The van der Waals surface area contributed by atoms with Crippen LogP contribution in [0.1, 0.15) is 74.0 Å². The molecular weight excluding hydrogens is 646 g/mol. The third-order valence-electron chi connectivity index (χ3n) is 10.3. The van der Waals surface area contributed by atoms with Crippen molar-refractivity contribution in [1.82, 2.24) is 5.32 Å². The van der Waals surface area contributed by atoms with E-state index in [1.54, 1.807) is 20.8 Å². The van der Waals surface area contributed by atoms with Gasteiger partial charge in [0.1, 0.15) is 29.3 Å². The van der Waals surface area contributed by atoms with Crippen LogP contribution in [0.2, 0.25) is 0 Å². The average Bonchev–Trinajstić information content (AvgIpc) is 3.07. The molecule has 276 valence electrons. The number of phenols is 2. The van der Waals surface area contributed by atoms with E-state index in [0.717, 1.165) is 17.2 Å². The van der Waals surface area contributed by atoms with E-state index in [4.69, 9.17) is 23.7 Å². The van der Waals surface area contributed by atoms with Gasteiger partial charge >= 0.3 is 5.97 Å². The molecule has 4 rings (SSSR count). The summed E-state index contributed by atoms with van der Waals surface area (Å²) >= 11 is 0. The highest BCUT2D eigenvalue weighted by atomic mass is 16.6. The molecule has 5 N–H and O–H groups in total. The average molecular weight is 700 g/mol. The Hall–Kier alpha value is -3.52. The minimum absolute atomic E-state index is 0.0189. The Labute approximate surface area is 294 Å². The van der Waals surface area contributed by atoms with Crippen molar-refractivity contribution in [3.05, 3.63) is 70.8 Å². The van der Waals surface area contributed by atoms with E-state index in [1.165, 1.54) is 14.2 Å². The summed E-state index contributed by atoms with van der Waals surface area (Å²) in [4.78, 5) is 26.2. The Bertz CT molecular complexity index is 1500. The number of aliphatic hydroxyl groups excluding tert-OH is 2. The van der Waals surface area contributed by atoms with Gasteiger partial charge in [0.15, 0.2) is 12.3 Å². The summed E-state index contributed by atoms with van der Waals surface area (Å²) in [5.74, 6) is -2.47. The Morgan fingerprint density at radius 1 is 1.10 bits per heavy atom. The van der Waals surface area contributed by atoms with Crippen molar-refractivity contribution in [2.24, 2.45) is 11.3 Å². The highest BCUT2D eigenvalue weighted by molar-refractivity contribution is 5.96. The van der Waals surface area contributed by atoms with Crippen molar-refractivity contribution in [3.63, 3.8) is 0 Å². The van der Waals surface area contributed by atoms with Gasteiger partial charge in [0, 0.05) is 50.9 Å². The van der Waals surface area contributed by atoms with Gasteiger partial charge in [0.2, 0.25) is 0 Å². The maximum atomic E-state index is 13.2. The van der Waals surface area contributed by atoms with E-state index in [2.05, 4.69) is 11.9 Å². The quantitative estimate of drug-likeness (QED) is 0.103. The molecular formula is C38H53NO11. The topological polar surface area (TPSA) is 173 Å². The molecule has 2 aromatic carbocycles. The number of aliphatic hydroxyl groups is 2. The number of nitrogens with one attached hydrogen (secondary N) is 1. The summed E-state index contributed by atoms with van der Waals surface area (Å²) in [6.45, 7) is 13.4. The first-order chi connectivity index (χ1) is 23.6. The van der Waals surface area contributed by atoms with Gasteiger partial charge in [-0.25, -0.2) is 4.79 Å². The summed E-state index contributed by atoms with van der Waals surface area (Å²) in [5, 5.41) is 45.8. The largest absolute Gasteiger partial charge is 0.508 e. The first-order valence-corrected chi connectivity index (χ1v) is 17.0. The zero-order chi connectivity index (χ0) is 36.9. The molecule has 0 spiro atoms. The third-order valence-corrected chi connectivity index (χ3v) is 10.3. The minimum atomic E-state index is -1.49. The van der Waals surface area contributed by atoms with E-state index in [0.29, 0.717) is 24.2 Å². The van der Waals surface area contributed by atoms with Crippen molar-refractivity contribution in [1.29, 1.82) is 0 Å². The highest BCUT2D eigenvalue weighted by Gasteiger charge is 2.49. The lowest BCUT2D eigenvalue weighted by Crippen LogP contribution is -2.59. The molecule has 12 heteroatoms. The van der Waals surface area contributed by atoms with E-state index in [9.17, 15) is 30.0 Å². The number of hydrogen-bond donors (Lipinski definition) is 5. The first-order valence-electron chi connectivity index (χ1n) is 17.0. The number of carbonyl (C=O) groups is 2. The van der Waals surface area contributed by atoms with Gasteiger partial charge in [0.25, 0.3) is 5.91 Å². The predicted octanol–water partition coefficient (Wildman–Crippen LogP) is 4.07. The fourth-order valence-electron chi connectivity index (χ4n) is 6.84. The number of amides is 1. The molecule has 9 atom stereocenters. The monoisotopic (exact) mass is 699 g/mol. The van der Waals surface area contributed by atoms with E-state index in [1.807, 2.05) is 44.2 Å². The van der Waals surface area contributed by atoms with Crippen LogP contribution in [0, 0.1) is 18.3 Å². The molecule has 2 aromatic rings. The van der Waals surface area contributed by atoms with Crippen molar-refractivity contribution in [2.45, 2.75) is 116 Å². The van der Waals surface area contributed by atoms with Crippen LogP contribution in [0.4, 0.5) is 0 Å². The van der Waals surface area contributed by atoms with Crippen molar-refractivity contribution in [2.75, 3.05) is 14.2 Å². The number of esters is 1. The molecule has 12 nitrogen and oxygen atoms in total. The Morgan fingerprint density at radius 3 is 2.40 bits per heavy atom. The first kappa shape index (κ1) is 39.3. The molecule has 1 amide bonds. The summed E-state index contributed by atoms with van der Waals surface area (Å²) in [6, 6.07) is 10.8. The van der Waals surface area contributed by atoms with Crippen molar-refractivity contribution >= 4 is 11.9 Å². The number of rotatable bonds is 15. The summed E-state index contributed by atoms with van der Waals surface area (Å²) < 4.78 is 29.9. The lowest BCUT2D eigenvalue weighted by atomic mass is 9.72. The summed E-state index contributed by atoms with van der Waals surface area (Å²) in [5.41, 5.74) is 2.05. The standard InChI is InChI=1S/C38H53NO11/c1-20(2)14-29(46-7)34(43)35(44)39-36(47-8)30-18-31(48-19-23-12-10-9-11-13-23)38(5,6)32(49-30)17-26(41)22(4)28-15-24-21(3)25(40)16-27(42)33(24)37(45)50-28/h9-13,16,22,26,28-32,34,36,40-43H,1,14-15,17-19H2,2-8H3,(H,39,44)/t22-,26+,28-,29+,30+,31-,32-,34+,36+/m1/s1. The van der Waals surface area contributed by atoms with Gasteiger partial charge in [0.05, 0.1) is 31.0 Å². The van der Waals surface area contributed by atoms with Crippen LogP contribution in [0.15, 0.2) is 48.6 Å². The molecule has 1 saturated heterocycles. The maximum Gasteiger partial charge on any atom is 0.342 e. The van der Waals surface area contributed by atoms with E-state index < -0.39 is 72.2 Å². The highest BCUT2D eigenvalue weighted by Crippen LogP contribution is 2.43. The van der Waals surface area contributed by atoms with Crippen LogP contribution in [-0.4, -0.2) is 95.5 Å². The molecule has 0 unspecified atom stereocenters. The van der Waals surface area contributed by atoms with Gasteiger partial charge in [-0.15, -0.1) is 6.58 Å². The molecule has 2 heterocycles. The number of ether oxygens (including phenoxy) is 5. The van der Waals surface area contributed by atoms with Gasteiger partial charge < -0.3 is 49.4 Å². The van der Waals surface area contributed by atoms with Gasteiger partial charge in [-0.05, 0) is 37.0 Å². The van der Waals surface area contributed by atoms with Gasteiger partial charge in [-0.1, -0.05) is 56.7 Å². The normalized spacial score (nSPS) is 24.6. The molecule has 1 fully saturated rings. The van der Waals surface area contributed by atoms with Crippen LogP contribution in [0.3, 0.4) is 0 Å². The molecule has 0 aliphatic carbocycles. The second-order valence-electron chi connectivity index (χ2n) is 14.3. The van der Waals surface area contributed by atoms with Gasteiger partial charge in [-0.3, -0.25) is 4.79 Å². The number of benzene rings is 2. The molecule has 0 radical (unpaired) electrons. The van der Waals surface area contributed by atoms with Crippen LogP contribution in [-0.2, 0) is 41.5 Å². The van der Waals surface area contributed by atoms with Gasteiger partial charge in [-0.2, -0.15) is 0 Å². The maximum absolute atomic E-state index is 13.2. The van der Waals surface area contributed by atoms with Crippen LogP contribution in [0.5, 0.6) is 11.5 Å². The number of cyclic esters (lactones) is 1. The number of hydrogen-bond acceptors (Lipinski definition) is 11. The van der Waals surface area contributed by atoms with E-state index >= 15 is 0 Å². The SMILES string of the molecule is C=C(C)C[C@H](OC)[C@H](O)C(=O)N[C@@H](OC)[C@@H]1C[C@@H](OCc2ccccc2)C(C)(C)[C@@H](C[C@H](O)[C@@H](C)[C@H]2Cc3c(C)c(O)cc(O)c3C(=O)O2)O1. The summed E-state index contributed by atoms with van der Waals surface area (Å²) in [7, 11) is 2.85. The molecule has 0 saturated carbocycles. The molecule has 2 aliphatic rings. The zero-order valence-corrected chi connectivity index (χ0v) is 30.0. The Morgan fingerprint density at radius 2 is 1.78 bits per heavy atom. The fraction of sp³-hybridized carbons (Fsp3) is 0.579. The Balaban J connectivity index is 1.55. The number of methoxy groups -OCH3 is 2. The number of aromatic hydroxyl groups is 2. The fourth-order valence-corrected chi connectivity index (χ4v) is 6.84. The van der Waals surface area contributed by atoms with Crippen LogP contribution < -0.4 is 5.32 Å². The second kappa shape index (κ2) is 16.7. The third kappa shape index (κ3) is 8.85. The predicted molar refractivity (Wildman–Crippen MR) is 184 cm³/mol. The molecule has 2 aliphatic heterocycles. The Kier molecular flexibility index (Phi) is 13.1.